The maximum absolute atomic E-state index is 11.7. The lowest BCUT2D eigenvalue weighted by Crippen LogP contribution is -2.37. The van der Waals surface area contributed by atoms with Crippen molar-refractivity contribution < 1.29 is 9.53 Å². The highest BCUT2D eigenvalue weighted by atomic mass is 16.5. The summed E-state index contributed by atoms with van der Waals surface area (Å²) in [6.07, 6.45) is 3.50. The zero-order chi connectivity index (χ0) is 12.0. The van der Waals surface area contributed by atoms with Crippen LogP contribution in [0.4, 0.5) is 5.82 Å². The Balaban J connectivity index is 2.60. The molecule has 0 bridgehead atoms. The van der Waals surface area contributed by atoms with Gasteiger partial charge < -0.3 is 15.8 Å². The molecule has 1 amide bonds. The number of anilines is 1. The molecule has 0 aliphatic carbocycles. The third-order valence-corrected chi connectivity index (χ3v) is 2.10. The van der Waals surface area contributed by atoms with E-state index >= 15 is 0 Å². The topological polar surface area (TPSA) is 90.1 Å². The van der Waals surface area contributed by atoms with Crippen molar-refractivity contribution in [1.29, 1.82) is 0 Å². The number of hydrogen-bond acceptors (Lipinski definition) is 5. The van der Waals surface area contributed by atoms with E-state index in [9.17, 15) is 4.79 Å². The molecule has 0 saturated carbocycles. The van der Waals surface area contributed by atoms with Gasteiger partial charge in [-0.25, -0.2) is 9.97 Å². The maximum atomic E-state index is 11.7. The molecule has 0 saturated heterocycles. The number of nitrogens with zero attached hydrogens (tertiary/aromatic N) is 2. The number of hydrogen-bond donors (Lipinski definition) is 2. The number of carbonyl (C=O) groups excluding carboxylic acids is 1. The molecule has 16 heavy (non-hydrogen) atoms. The fourth-order valence-electron chi connectivity index (χ4n) is 1.18. The summed E-state index contributed by atoms with van der Waals surface area (Å²) in [6, 6.07) is -0.0168. The van der Waals surface area contributed by atoms with Crippen LogP contribution in [0.1, 0.15) is 23.8 Å². The van der Waals surface area contributed by atoms with Crippen LogP contribution in [0.25, 0.3) is 0 Å². The van der Waals surface area contributed by atoms with Gasteiger partial charge in [-0.05, 0) is 6.42 Å². The van der Waals surface area contributed by atoms with Gasteiger partial charge in [0.15, 0.2) is 0 Å². The smallest absolute Gasteiger partial charge is 0.271 e. The van der Waals surface area contributed by atoms with E-state index < -0.39 is 0 Å². The second-order valence-corrected chi connectivity index (χ2v) is 3.36. The quantitative estimate of drug-likeness (QED) is 0.746. The Kier molecular flexibility index (Phi) is 4.65. The van der Waals surface area contributed by atoms with Crippen LogP contribution in [0.15, 0.2) is 12.4 Å². The Morgan fingerprint density at radius 1 is 1.56 bits per heavy atom. The van der Waals surface area contributed by atoms with Crippen molar-refractivity contribution in [2.45, 2.75) is 19.4 Å². The molecule has 1 aromatic rings. The van der Waals surface area contributed by atoms with Crippen molar-refractivity contribution >= 4 is 11.7 Å². The van der Waals surface area contributed by atoms with E-state index in [0.717, 1.165) is 6.42 Å². The summed E-state index contributed by atoms with van der Waals surface area (Å²) in [5, 5.41) is 2.80. The van der Waals surface area contributed by atoms with Gasteiger partial charge in [0.25, 0.3) is 5.91 Å². The monoisotopic (exact) mass is 224 g/mol. The van der Waals surface area contributed by atoms with Crippen molar-refractivity contribution in [1.82, 2.24) is 15.3 Å². The average molecular weight is 224 g/mol. The maximum Gasteiger partial charge on any atom is 0.271 e. The highest BCUT2D eigenvalue weighted by molar-refractivity contribution is 5.92. The molecule has 1 unspecified atom stereocenters. The first-order chi connectivity index (χ1) is 7.67. The summed E-state index contributed by atoms with van der Waals surface area (Å²) in [6.45, 7) is 2.45. The van der Waals surface area contributed by atoms with Gasteiger partial charge in [0.05, 0.1) is 25.0 Å². The van der Waals surface area contributed by atoms with E-state index in [1.54, 1.807) is 7.11 Å². The summed E-state index contributed by atoms with van der Waals surface area (Å²) in [7, 11) is 1.60. The van der Waals surface area contributed by atoms with Crippen LogP contribution >= 0.6 is 0 Å². The first kappa shape index (κ1) is 12.4. The Bertz CT molecular complexity index is 339. The van der Waals surface area contributed by atoms with Gasteiger partial charge in [0, 0.05) is 7.11 Å². The number of nitrogen functional groups attached to an aromatic ring is 1. The summed E-state index contributed by atoms with van der Waals surface area (Å²) in [4.78, 5) is 19.4. The first-order valence-corrected chi connectivity index (χ1v) is 5.04. The zero-order valence-electron chi connectivity index (χ0n) is 9.43. The van der Waals surface area contributed by atoms with Gasteiger partial charge in [-0.15, -0.1) is 0 Å². The predicted octanol–water partition coefficient (Wildman–Crippen LogP) is 0.214. The Hall–Kier alpha value is -1.69. The van der Waals surface area contributed by atoms with Crippen LogP contribution in [0, 0.1) is 0 Å². The van der Waals surface area contributed by atoms with Crippen molar-refractivity contribution in [3.05, 3.63) is 18.1 Å². The molecule has 0 spiro atoms. The van der Waals surface area contributed by atoms with Gasteiger partial charge in [0.2, 0.25) is 0 Å². The number of ether oxygens (including phenoxy) is 1. The summed E-state index contributed by atoms with van der Waals surface area (Å²) >= 11 is 0. The lowest BCUT2D eigenvalue weighted by atomic mass is 10.2. The van der Waals surface area contributed by atoms with Gasteiger partial charge in [0.1, 0.15) is 11.5 Å². The van der Waals surface area contributed by atoms with Crippen LogP contribution in [-0.2, 0) is 4.74 Å². The third kappa shape index (κ3) is 3.47. The van der Waals surface area contributed by atoms with Gasteiger partial charge in [-0.2, -0.15) is 0 Å². The number of aromatic nitrogens is 2. The summed E-state index contributed by atoms with van der Waals surface area (Å²) < 4.78 is 4.98. The fraction of sp³-hybridized carbons (Fsp3) is 0.500. The highest BCUT2D eigenvalue weighted by Crippen LogP contribution is 1.98. The molecular weight excluding hydrogens is 208 g/mol. The second kappa shape index (κ2) is 6.02. The number of nitrogens with two attached hydrogens (primary N) is 1. The van der Waals surface area contributed by atoms with E-state index in [4.69, 9.17) is 10.5 Å². The molecule has 6 nitrogen and oxygen atoms in total. The van der Waals surface area contributed by atoms with Crippen molar-refractivity contribution in [3.63, 3.8) is 0 Å². The fourth-order valence-corrected chi connectivity index (χ4v) is 1.18. The second-order valence-electron chi connectivity index (χ2n) is 3.36. The first-order valence-electron chi connectivity index (χ1n) is 5.04. The number of amides is 1. The molecular formula is C10H16N4O2. The van der Waals surface area contributed by atoms with E-state index in [1.165, 1.54) is 12.4 Å². The van der Waals surface area contributed by atoms with Gasteiger partial charge >= 0.3 is 0 Å². The largest absolute Gasteiger partial charge is 0.383 e. The van der Waals surface area contributed by atoms with Crippen LogP contribution in [-0.4, -0.2) is 35.6 Å². The van der Waals surface area contributed by atoms with Crippen LogP contribution in [0.3, 0.4) is 0 Å². The normalized spacial score (nSPS) is 12.1. The zero-order valence-corrected chi connectivity index (χ0v) is 9.43. The molecule has 88 valence electrons. The number of carbonyl (C=O) groups is 1. The molecule has 0 aliphatic heterocycles. The van der Waals surface area contributed by atoms with Crippen molar-refractivity contribution in [2.24, 2.45) is 0 Å². The van der Waals surface area contributed by atoms with Crippen LogP contribution in [0.5, 0.6) is 0 Å². The van der Waals surface area contributed by atoms with Gasteiger partial charge in [-0.1, -0.05) is 6.92 Å². The van der Waals surface area contributed by atoms with E-state index in [2.05, 4.69) is 15.3 Å². The lowest BCUT2D eigenvalue weighted by Gasteiger charge is -2.15. The van der Waals surface area contributed by atoms with E-state index in [-0.39, 0.29) is 17.6 Å². The molecule has 1 aromatic heterocycles. The average Bonchev–Trinajstić information content (AvgIpc) is 2.29. The Labute approximate surface area is 94.2 Å². The molecule has 1 heterocycles. The minimum absolute atomic E-state index is 0.0168. The number of rotatable bonds is 5. The van der Waals surface area contributed by atoms with E-state index in [1.807, 2.05) is 6.92 Å². The predicted molar refractivity (Wildman–Crippen MR) is 59.9 cm³/mol. The van der Waals surface area contributed by atoms with Gasteiger partial charge in [-0.3, -0.25) is 4.79 Å². The SMILES string of the molecule is CCC(COC)NC(=O)c1cnc(N)cn1. The number of nitrogens with one attached hydrogen (secondary N) is 1. The molecule has 1 atom stereocenters. The molecule has 1 rings (SSSR count). The summed E-state index contributed by atoms with van der Waals surface area (Å²) in [5.41, 5.74) is 5.63. The van der Waals surface area contributed by atoms with Crippen LogP contribution < -0.4 is 11.1 Å². The molecule has 0 aliphatic rings. The standard InChI is InChI=1S/C10H16N4O2/c1-3-7(6-16-2)14-10(15)8-4-13-9(11)5-12-8/h4-5,7H,3,6H2,1-2H3,(H2,11,13)(H,14,15). The number of methoxy groups -OCH3 is 1. The molecule has 0 radical (unpaired) electrons. The van der Waals surface area contributed by atoms with Crippen LogP contribution in [0.2, 0.25) is 0 Å². The minimum atomic E-state index is -0.267. The van der Waals surface area contributed by atoms with E-state index in [0.29, 0.717) is 12.4 Å². The Morgan fingerprint density at radius 3 is 2.81 bits per heavy atom. The highest BCUT2D eigenvalue weighted by Gasteiger charge is 2.13. The molecule has 0 aromatic carbocycles. The lowest BCUT2D eigenvalue weighted by molar-refractivity contribution is 0.0889. The summed E-state index contributed by atoms with van der Waals surface area (Å²) in [5.74, 6) is 0.0249. The molecule has 3 N–H and O–H groups in total. The van der Waals surface area contributed by atoms with Crippen molar-refractivity contribution in [3.8, 4) is 0 Å². The molecule has 0 fully saturated rings. The van der Waals surface area contributed by atoms with Crippen molar-refractivity contribution in [2.75, 3.05) is 19.5 Å². The third-order valence-electron chi connectivity index (χ3n) is 2.10. The Morgan fingerprint density at radius 2 is 2.31 bits per heavy atom. The molecule has 6 heteroatoms. The minimum Gasteiger partial charge on any atom is -0.383 e.